The first-order valence-corrected chi connectivity index (χ1v) is 4.14. The predicted octanol–water partition coefficient (Wildman–Crippen LogP) is 0.588. The molecule has 0 aromatic rings. The number of hydrogen-bond donors (Lipinski definition) is 2. The van der Waals surface area contributed by atoms with Gasteiger partial charge in [0.2, 0.25) is 0 Å². The molecule has 62 valence electrons. The van der Waals surface area contributed by atoms with Gasteiger partial charge in [0.05, 0.1) is 0 Å². The molecule has 0 spiro atoms. The van der Waals surface area contributed by atoms with Gasteiger partial charge in [0.25, 0.3) is 0 Å². The molecule has 2 unspecified atom stereocenters. The van der Waals surface area contributed by atoms with Crippen molar-refractivity contribution in [3.8, 4) is 0 Å². The number of fused-ring (bicyclic) bond motifs is 1. The first-order chi connectivity index (χ1) is 5.12. The third-order valence-corrected chi connectivity index (χ3v) is 3.25. The smallest absolute Gasteiger partial charge is 0.323 e. The van der Waals surface area contributed by atoms with Gasteiger partial charge in [0.1, 0.15) is 5.54 Å². The first kappa shape index (κ1) is 7.10. The van der Waals surface area contributed by atoms with Crippen molar-refractivity contribution in [2.24, 2.45) is 17.6 Å². The van der Waals surface area contributed by atoms with Crippen molar-refractivity contribution in [1.82, 2.24) is 0 Å². The van der Waals surface area contributed by atoms with E-state index in [1.807, 2.05) is 0 Å². The summed E-state index contributed by atoms with van der Waals surface area (Å²) in [7, 11) is 0. The summed E-state index contributed by atoms with van der Waals surface area (Å²) < 4.78 is 0. The lowest BCUT2D eigenvalue weighted by Gasteiger charge is -2.29. The SMILES string of the molecule is NC1(C(=O)O)CC2CCC2C1. The molecular weight excluding hydrogens is 142 g/mol. The summed E-state index contributed by atoms with van der Waals surface area (Å²) in [6.07, 6.45) is 3.79. The lowest BCUT2D eigenvalue weighted by Crippen LogP contribution is -2.45. The number of carboxylic acid groups (broad SMARTS) is 1. The summed E-state index contributed by atoms with van der Waals surface area (Å²) in [5.74, 6) is 0.430. The number of hydrogen-bond acceptors (Lipinski definition) is 2. The van der Waals surface area contributed by atoms with Crippen LogP contribution in [0.25, 0.3) is 0 Å². The second-order valence-corrected chi connectivity index (χ2v) is 3.97. The fourth-order valence-corrected chi connectivity index (χ4v) is 2.37. The zero-order valence-electron chi connectivity index (χ0n) is 6.42. The molecule has 0 radical (unpaired) electrons. The molecule has 0 aliphatic heterocycles. The van der Waals surface area contributed by atoms with Crippen molar-refractivity contribution in [3.05, 3.63) is 0 Å². The van der Waals surface area contributed by atoms with Gasteiger partial charge in [-0.25, -0.2) is 0 Å². The van der Waals surface area contributed by atoms with Crippen LogP contribution in [0.15, 0.2) is 0 Å². The van der Waals surface area contributed by atoms with Crippen LogP contribution in [0.5, 0.6) is 0 Å². The van der Waals surface area contributed by atoms with Gasteiger partial charge < -0.3 is 10.8 Å². The maximum absolute atomic E-state index is 10.7. The topological polar surface area (TPSA) is 63.3 Å². The highest BCUT2D eigenvalue weighted by Crippen LogP contribution is 2.50. The van der Waals surface area contributed by atoms with Gasteiger partial charge >= 0.3 is 5.97 Å². The average Bonchev–Trinajstić information content (AvgIpc) is 2.13. The quantitative estimate of drug-likeness (QED) is 0.582. The number of carboxylic acids is 1. The standard InChI is InChI=1S/C8H13NO2/c9-8(7(10)11)3-5-1-2-6(5)4-8/h5-6H,1-4,9H2,(H,10,11). The summed E-state index contributed by atoms with van der Waals surface area (Å²) in [5.41, 5.74) is 4.84. The van der Waals surface area contributed by atoms with E-state index in [0.29, 0.717) is 24.7 Å². The van der Waals surface area contributed by atoms with Crippen LogP contribution in [0.1, 0.15) is 25.7 Å². The number of aliphatic carboxylic acids is 1. The number of carbonyl (C=O) groups is 1. The maximum atomic E-state index is 10.7. The lowest BCUT2D eigenvalue weighted by atomic mass is 9.77. The van der Waals surface area contributed by atoms with Crippen LogP contribution in [0.3, 0.4) is 0 Å². The van der Waals surface area contributed by atoms with Crippen molar-refractivity contribution in [1.29, 1.82) is 0 Å². The fraction of sp³-hybridized carbons (Fsp3) is 0.875. The third-order valence-electron chi connectivity index (χ3n) is 3.25. The van der Waals surface area contributed by atoms with Crippen molar-refractivity contribution in [3.63, 3.8) is 0 Å². The highest BCUT2D eigenvalue weighted by Gasteiger charge is 2.51. The molecular formula is C8H13NO2. The van der Waals surface area contributed by atoms with Gasteiger partial charge in [0.15, 0.2) is 0 Å². The summed E-state index contributed by atoms with van der Waals surface area (Å²) in [6, 6.07) is 0. The van der Waals surface area contributed by atoms with Gasteiger partial charge in [-0.1, -0.05) is 0 Å². The first-order valence-electron chi connectivity index (χ1n) is 4.14. The van der Waals surface area contributed by atoms with E-state index < -0.39 is 11.5 Å². The Morgan fingerprint density at radius 3 is 2.09 bits per heavy atom. The molecule has 2 aliphatic rings. The van der Waals surface area contributed by atoms with E-state index in [2.05, 4.69) is 0 Å². The van der Waals surface area contributed by atoms with Crippen LogP contribution in [0.2, 0.25) is 0 Å². The molecule has 11 heavy (non-hydrogen) atoms. The van der Waals surface area contributed by atoms with Crippen molar-refractivity contribution in [2.45, 2.75) is 31.2 Å². The van der Waals surface area contributed by atoms with Gasteiger partial charge in [0, 0.05) is 0 Å². The minimum atomic E-state index is -0.883. The molecule has 0 aromatic carbocycles. The summed E-state index contributed by atoms with van der Waals surface area (Å²) in [6.45, 7) is 0. The number of rotatable bonds is 1. The summed E-state index contributed by atoms with van der Waals surface area (Å²) in [5, 5.41) is 8.81. The highest BCUT2D eigenvalue weighted by atomic mass is 16.4. The molecule has 2 fully saturated rings. The molecule has 3 N–H and O–H groups in total. The highest BCUT2D eigenvalue weighted by molar-refractivity contribution is 5.79. The maximum Gasteiger partial charge on any atom is 0.323 e. The van der Waals surface area contributed by atoms with E-state index in [0.717, 1.165) is 0 Å². The Morgan fingerprint density at radius 2 is 1.82 bits per heavy atom. The van der Waals surface area contributed by atoms with E-state index in [-0.39, 0.29) is 0 Å². The second-order valence-electron chi connectivity index (χ2n) is 3.97. The molecule has 0 heterocycles. The Balaban J connectivity index is 2.12. The van der Waals surface area contributed by atoms with E-state index in [9.17, 15) is 4.79 Å². The Bertz CT molecular complexity index is 190. The molecule has 2 saturated carbocycles. The van der Waals surface area contributed by atoms with Gasteiger partial charge in [-0.05, 0) is 37.5 Å². The predicted molar refractivity (Wildman–Crippen MR) is 40.0 cm³/mol. The van der Waals surface area contributed by atoms with Gasteiger partial charge in [-0.3, -0.25) is 4.79 Å². The summed E-state index contributed by atoms with van der Waals surface area (Å²) in [4.78, 5) is 10.7. The molecule has 2 rings (SSSR count). The molecule has 0 aromatic heterocycles. The van der Waals surface area contributed by atoms with Gasteiger partial charge in [-0.15, -0.1) is 0 Å². The Labute approximate surface area is 65.6 Å². The zero-order chi connectivity index (χ0) is 8.06. The minimum Gasteiger partial charge on any atom is -0.480 e. The number of nitrogens with two attached hydrogens (primary N) is 1. The molecule has 0 saturated heterocycles. The lowest BCUT2D eigenvalue weighted by molar-refractivity contribution is -0.143. The second kappa shape index (κ2) is 1.97. The van der Waals surface area contributed by atoms with Crippen molar-refractivity contribution in [2.75, 3.05) is 0 Å². The molecule has 2 aliphatic carbocycles. The van der Waals surface area contributed by atoms with Crippen LogP contribution in [-0.4, -0.2) is 16.6 Å². The Morgan fingerprint density at radius 1 is 1.36 bits per heavy atom. The normalized spacial score (nSPS) is 48.1. The van der Waals surface area contributed by atoms with E-state index in [1.54, 1.807) is 0 Å². The average molecular weight is 155 g/mol. The minimum absolute atomic E-state index is 0.621. The van der Waals surface area contributed by atoms with Crippen LogP contribution in [-0.2, 0) is 4.79 Å². The largest absolute Gasteiger partial charge is 0.480 e. The fourth-order valence-electron chi connectivity index (χ4n) is 2.37. The van der Waals surface area contributed by atoms with E-state index in [4.69, 9.17) is 10.8 Å². The van der Waals surface area contributed by atoms with E-state index >= 15 is 0 Å². The molecule has 0 bridgehead atoms. The molecule has 0 amide bonds. The third kappa shape index (κ3) is 0.872. The Hall–Kier alpha value is -0.570. The zero-order valence-corrected chi connectivity index (χ0v) is 6.42. The van der Waals surface area contributed by atoms with Crippen LogP contribution in [0, 0.1) is 11.8 Å². The summed E-state index contributed by atoms with van der Waals surface area (Å²) >= 11 is 0. The van der Waals surface area contributed by atoms with Crippen LogP contribution >= 0.6 is 0 Å². The molecule has 3 nitrogen and oxygen atoms in total. The monoisotopic (exact) mass is 155 g/mol. The molecule has 2 atom stereocenters. The van der Waals surface area contributed by atoms with Gasteiger partial charge in [-0.2, -0.15) is 0 Å². The van der Waals surface area contributed by atoms with E-state index in [1.165, 1.54) is 12.8 Å². The van der Waals surface area contributed by atoms with Crippen molar-refractivity contribution < 1.29 is 9.90 Å². The van der Waals surface area contributed by atoms with Crippen LogP contribution < -0.4 is 5.73 Å². The molecule has 3 heteroatoms. The van der Waals surface area contributed by atoms with Crippen LogP contribution in [0.4, 0.5) is 0 Å². The van der Waals surface area contributed by atoms with Crippen molar-refractivity contribution >= 4 is 5.97 Å². The Kier molecular flexibility index (Phi) is 1.27.